The molecule has 4 aromatic rings. The monoisotopic (exact) mass is 506 g/mol. The highest BCUT2D eigenvalue weighted by molar-refractivity contribution is 7.92. The topological polar surface area (TPSA) is 141 Å². The van der Waals surface area contributed by atoms with Gasteiger partial charge in [0.25, 0.3) is 15.7 Å². The number of nitro benzene ring substituents is 1. The molecular weight excluding hydrogens is 484 g/mol. The number of hydrogen-bond donors (Lipinski definition) is 2. The summed E-state index contributed by atoms with van der Waals surface area (Å²) in [6.45, 7) is 1.75. The van der Waals surface area contributed by atoms with Crippen LogP contribution in [0.4, 0.5) is 17.1 Å². The number of ether oxygens (including phenoxy) is 1. The van der Waals surface area contributed by atoms with Gasteiger partial charge in [-0.05, 0) is 48.9 Å². The van der Waals surface area contributed by atoms with E-state index in [0.29, 0.717) is 11.5 Å². The second-order valence-electron chi connectivity index (χ2n) is 7.57. The smallest absolute Gasteiger partial charge is 0.295 e. The fraction of sp³-hybridized carbons (Fsp3) is 0.0833. The molecule has 0 aliphatic heterocycles. The lowest BCUT2D eigenvalue weighted by Gasteiger charge is -2.12. The summed E-state index contributed by atoms with van der Waals surface area (Å²) < 4.78 is 35.2. The van der Waals surface area contributed by atoms with E-state index in [1.807, 2.05) is 35.0 Å². The van der Waals surface area contributed by atoms with Gasteiger partial charge in [0.05, 0.1) is 34.7 Å². The van der Waals surface area contributed by atoms with Gasteiger partial charge < -0.3 is 9.30 Å². The summed E-state index contributed by atoms with van der Waals surface area (Å²) in [4.78, 5) is 14.8. The van der Waals surface area contributed by atoms with Crippen molar-refractivity contribution in [2.75, 3.05) is 17.3 Å². The van der Waals surface area contributed by atoms with Crippen LogP contribution in [0.15, 0.2) is 95.4 Å². The molecule has 0 saturated heterocycles. The molecule has 2 N–H and O–H groups in total. The molecule has 0 aliphatic carbocycles. The zero-order chi connectivity index (χ0) is 25.7. The quantitative estimate of drug-likeness (QED) is 0.194. The molecule has 0 radical (unpaired) electrons. The fourth-order valence-corrected chi connectivity index (χ4v) is 4.44. The van der Waals surface area contributed by atoms with Gasteiger partial charge in [-0.1, -0.05) is 24.3 Å². The molecule has 36 heavy (non-hydrogen) atoms. The maximum Gasteiger partial charge on any atom is 0.295 e. The van der Waals surface area contributed by atoms with E-state index >= 15 is 0 Å². The van der Waals surface area contributed by atoms with Crippen LogP contribution in [0.5, 0.6) is 5.75 Å². The third-order valence-electron chi connectivity index (χ3n) is 5.26. The lowest BCUT2D eigenvalue weighted by atomic mass is 10.1. The Labute approximate surface area is 207 Å². The molecule has 184 valence electrons. The van der Waals surface area contributed by atoms with E-state index in [1.165, 1.54) is 25.3 Å². The second-order valence-corrected chi connectivity index (χ2v) is 9.25. The van der Waals surface area contributed by atoms with Crippen molar-refractivity contribution in [2.45, 2.75) is 11.8 Å². The number of methoxy groups -OCH3 is 1. The highest BCUT2D eigenvalue weighted by atomic mass is 32.2. The molecular formula is C24H22N6O5S. The number of hydrazone groups is 1. The van der Waals surface area contributed by atoms with Crippen LogP contribution < -0.4 is 14.9 Å². The zero-order valence-electron chi connectivity index (χ0n) is 19.3. The number of rotatable bonds is 9. The van der Waals surface area contributed by atoms with Crippen molar-refractivity contribution in [3.05, 3.63) is 101 Å². The number of para-hydroxylation sites is 2. The molecule has 1 aromatic heterocycles. The number of sulfonamides is 1. The number of nitrogens with zero attached hydrogens (tertiary/aromatic N) is 4. The van der Waals surface area contributed by atoms with Gasteiger partial charge in [0.15, 0.2) is 0 Å². The zero-order valence-corrected chi connectivity index (χ0v) is 20.1. The van der Waals surface area contributed by atoms with Gasteiger partial charge in [-0.3, -0.25) is 20.3 Å². The van der Waals surface area contributed by atoms with Gasteiger partial charge >= 0.3 is 0 Å². The highest BCUT2D eigenvalue weighted by Crippen LogP contribution is 2.30. The summed E-state index contributed by atoms with van der Waals surface area (Å²) in [5.74, 6) is 0.316. The molecule has 0 fully saturated rings. The van der Waals surface area contributed by atoms with Crippen molar-refractivity contribution < 1.29 is 18.1 Å². The van der Waals surface area contributed by atoms with Gasteiger partial charge in [0, 0.05) is 24.1 Å². The molecule has 0 bridgehead atoms. The van der Waals surface area contributed by atoms with Crippen molar-refractivity contribution in [3.8, 4) is 11.4 Å². The summed E-state index contributed by atoms with van der Waals surface area (Å²) in [6.07, 6.45) is 5.20. The third kappa shape index (κ3) is 5.33. The first-order chi connectivity index (χ1) is 17.3. The van der Waals surface area contributed by atoms with E-state index < -0.39 is 20.6 Å². The molecule has 0 amide bonds. The van der Waals surface area contributed by atoms with E-state index in [2.05, 4.69) is 20.2 Å². The predicted octanol–water partition coefficient (Wildman–Crippen LogP) is 4.43. The summed E-state index contributed by atoms with van der Waals surface area (Å²) in [5.41, 5.74) is 4.80. The Morgan fingerprint density at radius 1 is 1.08 bits per heavy atom. The average molecular weight is 507 g/mol. The van der Waals surface area contributed by atoms with E-state index in [1.54, 1.807) is 37.6 Å². The molecule has 0 unspecified atom stereocenters. The molecule has 3 aromatic carbocycles. The first-order valence-electron chi connectivity index (χ1n) is 10.6. The van der Waals surface area contributed by atoms with Crippen LogP contribution in [-0.2, 0) is 10.0 Å². The molecule has 0 atom stereocenters. The Balaban J connectivity index is 1.56. The standard InChI is InChI=1S/C24H22N6O5S/c1-17(18-7-9-19(10-8-18)29-14-13-25-16-29)26-27-21-12-11-20(15-23(21)30(31)32)36(33,34)28-22-5-3-4-6-24(22)35-2/h3-16,27-28H,1-2H3/b26-17+. The molecule has 1 heterocycles. The summed E-state index contributed by atoms with van der Waals surface area (Å²) in [6, 6.07) is 17.5. The Morgan fingerprint density at radius 3 is 2.50 bits per heavy atom. The minimum Gasteiger partial charge on any atom is -0.495 e. The van der Waals surface area contributed by atoms with Crippen LogP contribution in [0.25, 0.3) is 5.69 Å². The number of imidazole rings is 1. The van der Waals surface area contributed by atoms with Crippen molar-refractivity contribution >= 4 is 32.8 Å². The number of aromatic nitrogens is 2. The normalized spacial score (nSPS) is 11.7. The summed E-state index contributed by atoms with van der Waals surface area (Å²) >= 11 is 0. The van der Waals surface area contributed by atoms with E-state index in [9.17, 15) is 18.5 Å². The molecule has 0 saturated carbocycles. The maximum atomic E-state index is 12.9. The predicted molar refractivity (Wildman–Crippen MR) is 136 cm³/mol. The number of nitrogens with one attached hydrogen (secondary N) is 2. The number of hydrogen-bond acceptors (Lipinski definition) is 8. The van der Waals surface area contributed by atoms with E-state index in [4.69, 9.17) is 4.74 Å². The first-order valence-corrected chi connectivity index (χ1v) is 12.1. The number of benzene rings is 3. The minimum atomic E-state index is -4.12. The molecule has 4 rings (SSSR count). The van der Waals surface area contributed by atoms with Gasteiger partial charge in [0.2, 0.25) is 0 Å². The van der Waals surface area contributed by atoms with Gasteiger partial charge in [-0.2, -0.15) is 5.10 Å². The van der Waals surface area contributed by atoms with Crippen molar-refractivity contribution in [1.82, 2.24) is 9.55 Å². The lowest BCUT2D eigenvalue weighted by molar-refractivity contribution is -0.384. The second kappa shape index (κ2) is 10.3. The van der Waals surface area contributed by atoms with Crippen molar-refractivity contribution in [1.29, 1.82) is 0 Å². The van der Waals surface area contributed by atoms with Gasteiger partial charge in [-0.25, -0.2) is 13.4 Å². The van der Waals surface area contributed by atoms with Crippen LogP contribution in [-0.4, -0.2) is 35.7 Å². The van der Waals surface area contributed by atoms with E-state index in [-0.39, 0.29) is 16.3 Å². The average Bonchev–Trinajstić information content (AvgIpc) is 3.42. The minimum absolute atomic E-state index is 0.0469. The first kappa shape index (κ1) is 24.4. The van der Waals surface area contributed by atoms with Crippen LogP contribution in [0.1, 0.15) is 12.5 Å². The van der Waals surface area contributed by atoms with Gasteiger partial charge in [-0.15, -0.1) is 0 Å². The Hall–Kier alpha value is -4.71. The SMILES string of the molecule is COc1ccccc1NS(=O)(=O)c1ccc(N/N=C(\C)c2ccc(-n3ccnc3)cc2)c([N+](=O)[O-])c1. The van der Waals surface area contributed by atoms with Gasteiger partial charge in [0.1, 0.15) is 11.4 Å². The van der Waals surface area contributed by atoms with Crippen molar-refractivity contribution in [3.63, 3.8) is 0 Å². The summed E-state index contributed by atoms with van der Waals surface area (Å²) in [7, 11) is -2.71. The molecule has 0 aliphatic rings. The maximum absolute atomic E-state index is 12.9. The van der Waals surface area contributed by atoms with Crippen LogP contribution in [0.3, 0.4) is 0 Å². The Kier molecular flexibility index (Phi) is 6.97. The summed E-state index contributed by atoms with van der Waals surface area (Å²) in [5, 5.41) is 15.9. The molecule has 0 spiro atoms. The largest absolute Gasteiger partial charge is 0.495 e. The Bertz CT molecular complexity index is 1520. The van der Waals surface area contributed by atoms with Crippen LogP contribution >= 0.6 is 0 Å². The van der Waals surface area contributed by atoms with Crippen LogP contribution in [0, 0.1) is 10.1 Å². The highest BCUT2D eigenvalue weighted by Gasteiger charge is 2.22. The van der Waals surface area contributed by atoms with Crippen molar-refractivity contribution in [2.24, 2.45) is 5.10 Å². The number of anilines is 2. The van der Waals surface area contributed by atoms with E-state index in [0.717, 1.165) is 17.3 Å². The fourth-order valence-electron chi connectivity index (χ4n) is 3.35. The molecule has 11 nitrogen and oxygen atoms in total. The lowest BCUT2D eigenvalue weighted by Crippen LogP contribution is -2.14. The number of nitro groups is 1. The third-order valence-corrected chi connectivity index (χ3v) is 6.62. The van der Waals surface area contributed by atoms with Crippen LogP contribution in [0.2, 0.25) is 0 Å². The Morgan fingerprint density at radius 2 is 1.83 bits per heavy atom. The molecule has 12 heteroatoms.